The van der Waals surface area contributed by atoms with Gasteiger partial charge in [0, 0.05) is 29.3 Å². The molecule has 3 aromatic carbocycles. The summed E-state index contributed by atoms with van der Waals surface area (Å²) in [5, 5.41) is 0. The lowest BCUT2D eigenvalue weighted by Crippen LogP contribution is -2.53. The molecular formula is C35H36N2O3. The van der Waals surface area contributed by atoms with Crippen molar-refractivity contribution in [3.63, 3.8) is 0 Å². The first kappa shape index (κ1) is 26.3. The maximum atomic E-state index is 14.9. The lowest BCUT2D eigenvalue weighted by molar-refractivity contribution is -0.129. The second-order valence-electron chi connectivity index (χ2n) is 11.7. The molecule has 5 heteroatoms. The van der Waals surface area contributed by atoms with Gasteiger partial charge in [-0.3, -0.25) is 14.5 Å². The van der Waals surface area contributed by atoms with Gasteiger partial charge in [0.2, 0.25) is 0 Å². The number of fused-ring (bicyclic) bond motifs is 2. The van der Waals surface area contributed by atoms with Crippen LogP contribution >= 0.6 is 0 Å². The van der Waals surface area contributed by atoms with Gasteiger partial charge in [-0.05, 0) is 61.7 Å². The normalized spacial score (nSPS) is 22.4. The van der Waals surface area contributed by atoms with E-state index in [9.17, 15) is 9.59 Å². The van der Waals surface area contributed by atoms with Crippen LogP contribution in [0.5, 0.6) is 0 Å². The van der Waals surface area contributed by atoms with E-state index < -0.39 is 11.5 Å². The molecule has 1 aromatic heterocycles. The summed E-state index contributed by atoms with van der Waals surface area (Å²) in [6, 6.07) is 26.0. The first-order valence-corrected chi connectivity index (χ1v) is 14.1. The second-order valence-corrected chi connectivity index (χ2v) is 11.7. The van der Waals surface area contributed by atoms with E-state index >= 15 is 0 Å². The Labute approximate surface area is 236 Å². The number of ketones is 1. The summed E-state index contributed by atoms with van der Waals surface area (Å²) in [5.74, 6) is 0.104. The number of hydrogen-bond acceptors (Lipinski definition) is 4. The number of Topliss-reactive ketones (excluding diaryl/α,β-unsaturated/α-hetero) is 1. The Morgan fingerprint density at radius 1 is 1.00 bits per heavy atom. The molecule has 0 unspecified atom stereocenters. The summed E-state index contributed by atoms with van der Waals surface area (Å²) in [6.45, 7) is 9.42. The predicted molar refractivity (Wildman–Crippen MR) is 158 cm³/mol. The van der Waals surface area contributed by atoms with Crippen molar-refractivity contribution in [2.24, 2.45) is 5.92 Å². The third kappa shape index (κ3) is 3.95. The molecular weight excluding hydrogens is 496 g/mol. The van der Waals surface area contributed by atoms with Crippen molar-refractivity contribution in [2.45, 2.75) is 51.6 Å². The van der Waals surface area contributed by atoms with Crippen molar-refractivity contribution in [1.82, 2.24) is 4.90 Å². The SMILES string of the molecule is Cc1ccc(C)c(CN2C(=O)[C@]3(c4ccccc42)[C@H](C(=O)c2ccc(C(C)C)cc2)[C@@H](c2ccco2)CN3C)c1. The molecule has 2 aliphatic rings. The molecule has 1 spiro atoms. The first-order chi connectivity index (χ1) is 19.2. The van der Waals surface area contributed by atoms with Gasteiger partial charge in [0.1, 0.15) is 11.3 Å². The maximum absolute atomic E-state index is 14.9. The van der Waals surface area contributed by atoms with Crippen molar-refractivity contribution in [3.05, 3.63) is 124 Å². The van der Waals surface area contributed by atoms with Gasteiger partial charge in [-0.2, -0.15) is 0 Å². The maximum Gasteiger partial charge on any atom is 0.253 e. The summed E-state index contributed by atoms with van der Waals surface area (Å²) >= 11 is 0. The van der Waals surface area contributed by atoms with Crippen LogP contribution in [-0.2, 0) is 16.9 Å². The number of rotatable bonds is 6. The van der Waals surface area contributed by atoms with Crippen LogP contribution in [0.25, 0.3) is 0 Å². The van der Waals surface area contributed by atoms with Gasteiger partial charge in [-0.25, -0.2) is 0 Å². The zero-order valence-corrected chi connectivity index (χ0v) is 23.8. The average molecular weight is 533 g/mol. The quantitative estimate of drug-likeness (QED) is 0.251. The number of likely N-dealkylation sites (N-methyl/N-ethyl adjacent to an activating group) is 1. The van der Waals surface area contributed by atoms with E-state index in [0.717, 1.165) is 33.7 Å². The highest BCUT2D eigenvalue weighted by Gasteiger charge is 2.66. The molecule has 0 saturated carbocycles. The Morgan fingerprint density at radius 2 is 1.75 bits per heavy atom. The molecule has 0 radical (unpaired) electrons. The number of likely N-dealkylation sites (tertiary alicyclic amines) is 1. The topological polar surface area (TPSA) is 53.8 Å². The van der Waals surface area contributed by atoms with Crippen molar-refractivity contribution in [3.8, 4) is 0 Å². The van der Waals surface area contributed by atoms with Crippen LogP contribution in [0.4, 0.5) is 5.69 Å². The minimum Gasteiger partial charge on any atom is -0.469 e. The minimum atomic E-state index is -1.14. The Balaban J connectivity index is 1.51. The highest BCUT2D eigenvalue weighted by molar-refractivity contribution is 6.13. The molecule has 204 valence electrons. The fourth-order valence-electron chi connectivity index (χ4n) is 6.84. The summed E-state index contributed by atoms with van der Waals surface area (Å²) in [5.41, 5.74) is 5.83. The fourth-order valence-corrected chi connectivity index (χ4v) is 6.84. The van der Waals surface area contributed by atoms with Crippen LogP contribution in [0.1, 0.15) is 69.6 Å². The third-order valence-electron chi connectivity index (χ3n) is 8.99. The molecule has 0 bridgehead atoms. The highest BCUT2D eigenvalue weighted by Crippen LogP contribution is 2.57. The number of nitrogens with zero attached hydrogens (tertiary/aromatic N) is 2. The van der Waals surface area contributed by atoms with Crippen LogP contribution in [0, 0.1) is 19.8 Å². The highest BCUT2D eigenvalue weighted by atomic mass is 16.3. The largest absolute Gasteiger partial charge is 0.469 e. The standard InChI is InChI=1S/C35H36N2O3/c1-22(2)25-14-16-26(17-15-25)33(38)32-28(31-11-8-18-40-31)21-36(5)35(32)29-9-6-7-10-30(29)37(34(35)39)20-27-19-23(3)12-13-24(27)4/h6-19,22,28,32H,20-21H2,1-5H3/t28-,32+,35+/m1/s1. The van der Waals surface area contributed by atoms with E-state index in [-0.39, 0.29) is 17.6 Å². The van der Waals surface area contributed by atoms with Gasteiger partial charge >= 0.3 is 0 Å². The van der Waals surface area contributed by atoms with Crippen molar-refractivity contribution in [2.75, 3.05) is 18.5 Å². The number of amides is 1. The summed E-state index contributed by atoms with van der Waals surface area (Å²) < 4.78 is 5.91. The van der Waals surface area contributed by atoms with Crippen molar-refractivity contribution in [1.29, 1.82) is 0 Å². The van der Waals surface area contributed by atoms with Gasteiger partial charge in [-0.15, -0.1) is 0 Å². The van der Waals surface area contributed by atoms with Gasteiger partial charge in [0.25, 0.3) is 5.91 Å². The number of benzene rings is 3. The summed E-state index contributed by atoms with van der Waals surface area (Å²) in [4.78, 5) is 33.5. The van der Waals surface area contributed by atoms with Crippen LogP contribution < -0.4 is 4.90 Å². The van der Waals surface area contributed by atoms with Crippen LogP contribution in [0.2, 0.25) is 0 Å². The molecule has 0 aliphatic carbocycles. The zero-order chi connectivity index (χ0) is 28.2. The number of para-hydroxylation sites is 1. The number of carbonyl (C=O) groups excluding carboxylic acids is 2. The number of furan rings is 1. The van der Waals surface area contributed by atoms with E-state index in [1.807, 2.05) is 72.6 Å². The van der Waals surface area contributed by atoms with E-state index in [2.05, 4.69) is 50.8 Å². The van der Waals surface area contributed by atoms with E-state index in [1.54, 1.807) is 6.26 Å². The van der Waals surface area contributed by atoms with Crippen molar-refractivity contribution >= 4 is 17.4 Å². The van der Waals surface area contributed by atoms with Gasteiger partial charge in [-0.1, -0.05) is 80.1 Å². The average Bonchev–Trinajstić information content (AvgIpc) is 3.65. The van der Waals surface area contributed by atoms with Gasteiger partial charge < -0.3 is 9.32 Å². The van der Waals surface area contributed by atoms with E-state index in [0.29, 0.717) is 24.6 Å². The number of carbonyl (C=O) groups is 2. The lowest BCUT2D eigenvalue weighted by atomic mass is 9.71. The monoisotopic (exact) mass is 532 g/mol. The summed E-state index contributed by atoms with van der Waals surface area (Å²) in [7, 11) is 1.97. The molecule has 0 N–H and O–H groups in total. The van der Waals surface area contributed by atoms with Crippen LogP contribution in [0.3, 0.4) is 0 Å². The predicted octanol–water partition coefficient (Wildman–Crippen LogP) is 6.99. The second kappa shape index (κ2) is 9.90. The van der Waals surface area contributed by atoms with Gasteiger partial charge in [0.05, 0.1) is 18.7 Å². The van der Waals surface area contributed by atoms with Crippen molar-refractivity contribution < 1.29 is 14.0 Å². The molecule has 1 saturated heterocycles. The Morgan fingerprint density at radius 3 is 2.45 bits per heavy atom. The smallest absolute Gasteiger partial charge is 0.253 e. The third-order valence-corrected chi connectivity index (χ3v) is 8.99. The van der Waals surface area contributed by atoms with Gasteiger partial charge in [0.15, 0.2) is 5.78 Å². The molecule has 4 aromatic rings. The fraction of sp³-hybridized carbons (Fsp3) is 0.314. The molecule has 3 atom stereocenters. The number of hydrogen-bond donors (Lipinski definition) is 0. The Bertz CT molecular complexity index is 1570. The molecule has 5 nitrogen and oxygen atoms in total. The molecule has 1 fully saturated rings. The minimum absolute atomic E-state index is 0.0298. The molecule has 2 aliphatic heterocycles. The first-order valence-electron chi connectivity index (χ1n) is 14.1. The summed E-state index contributed by atoms with van der Waals surface area (Å²) in [6.07, 6.45) is 1.65. The number of aryl methyl sites for hydroxylation is 2. The number of anilines is 1. The molecule has 6 rings (SSSR count). The van der Waals surface area contributed by atoms with Crippen LogP contribution in [0.15, 0.2) is 89.5 Å². The Kier molecular flexibility index (Phi) is 6.50. The molecule has 3 heterocycles. The zero-order valence-electron chi connectivity index (χ0n) is 23.8. The van der Waals surface area contributed by atoms with E-state index in [1.165, 1.54) is 5.56 Å². The lowest BCUT2D eigenvalue weighted by Gasteiger charge is -2.36. The Hall–Kier alpha value is -3.96. The molecule has 40 heavy (non-hydrogen) atoms. The van der Waals surface area contributed by atoms with E-state index in [4.69, 9.17) is 4.42 Å². The molecule has 1 amide bonds. The van der Waals surface area contributed by atoms with Crippen LogP contribution in [-0.4, -0.2) is 30.2 Å².